The van der Waals surface area contributed by atoms with Crippen LogP contribution in [0.1, 0.15) is 23.3 Å². The van der Waals surface area contributed by atoms with Gasteiger partial charge in [-0.15, -0.1) is 0 Å². The average Bonchev–Trinajstić information content (AvgIpc) is 3.05. The summed E-state index contributed by atoms with van der Waals surface area (Å²) >= 11 is 0. The molecule has 2 heterocycles. The maximum Gasteiger partial charge on any atom is 0.271 e. The molecule has 1 saturated heterocycles. The molecule has 0 aliphatic carbocycles. The van der Waals surface area contributed by atoms with E-state index in [0.29, 0.717) is 30.5 Å². The molecule has 0 radical (unpaired) electrons. The number of benzene rings is 1. The predicted molar refractivity (Wildman–Crippen MR) is 84.5 cm³/mol. The third-order valence-electron chi connectivity index (χ3n) is 4.16. The molecule has 1 aliphatic heterocycles. The number of rotatable bonds is 4. The molecule has 2 aromatic rings. The normalized spacial score (nSPS) is 18.2. The maximum atomic E-state index is 13.0. The van der Waals surface area contributed by atoms with Crippen LogP contribution in [0.2, 0.25) is 0 Å². The molecule has 1 amide bonds. The van der Waals surface area contributed by atoms with Crippen LogP contribution >= 0.6 is 0 Å². The quantitative estimate of drug-likeness (QED) is 0.943. The number of hydrogen-bond acceptors (Lipinski definition) is 3. The van der Waals surface area contributed by atoms with Gasteiger partial charge in [-0.05, 0) is 49.1 Å². The zero-order valence-corrected chi connectivity index (χ0v) is 13.1. The molecule has 1 aromatic carbocycles. The summed E-state index contributed by atoms with van der Waals surface area (Å²) in [6, 6.07) is 7.77. The minimum absolute atomic E-state index is 0.0494. The van der Waals surface area contributed by atoms with E-state index in [0.717, 1.165) is 24.9 Å². The molecule has 1 aliphatic rings. The summed E-state index contributed by atoms with van der Waals surface area (Å²) in [5.41, 5.74) is 1.87. The van der Waals surface area contributed by atoms with Crippen LogP contribution < -0.4 is 0 Å². The highest BCUT2D eigenvalue weighted by molar-refractivity contribution is 5.93. The second-order valence-electron chi connectivity index (χ2n) is 5.89. The van der Waals surface area contributed by atoms with Crippen molar-refractivity contribution < 1.29 is 13.9 Å². The second kappa shape index (κ2) is 6.91. The number of H-pyrrole nitrogens is 1. The van der Waals surface area contributed by atoms with Gasteiger partial charge in [0.25, 0.3) is 5.91 Å². The molecule has 0 spiro atoms. The number of halogens is 1. The van der Waals surface area contributed by atoms with Crippen LogP contribution in [-0.4, -0.2) is 47.8 Å². The Morgan fingerprint density at radius 3 is 2.96 bits per heavy atom. The van der Waals surface area contributed by atoms with E-state index in [4.69, 9.17) is 4.74 Å². The fourth-order valence-corrected chi connectivity index (χ4v) is 2.99. The lowest BCUT2D eigenvalue weighted by Crippen LogP contribution is -2.41. The third kappa shape index (κ3) is 3.59. The van der Waals surface area contributed by atoms with Gasteiger partial charge in [-0.3, -0.25) is 9.89 Å². The minimum atomic E-state index is -0.293. The van der Waals surface area contributed by atoms with Crippen molar-refractivity contribution >= 4 is 5.91 Å². The molecule has 3 rings (SSSR count). The van der Waals surface area contributed by atoms with Crippen LogP contribution in [0.4, 0.5) is 4.39 Å². The van der Waals surface area contributed by atoms with Crippen molar-refractivity contribution in [1.82, 2.24) is 15.1 Å². The summed E-state index contributed by atoms with van der Waals surface area (Å²) in [5, 5.41) is 6.96. The highest BCUT2D eigenvalue weighted by atomic mass is 19.1. The van der Waals surface area contributed by atoms with Gasteiger partial charge >= 0.3 is 0 Å². The summed E-state index contributed by atoms with van der Waals surface area (Å²) in [4.78, 5) is 14.4. The van der Waals surface area contributed by atoms with Crippen molar-refractivity contribution in [3.63, 3.8) is 0 Å². The first kappa shape index (κ1) is 15.7. The number of methoxy groups -OCH3 is 1. The van der Waals surface area contributed by atoms with E-state index in [-0.39, 0.29) is 11.7 Å². The number of nitrogens with one attached hydrogen (secondary N) is 1. The first-order valence-electron chi connectivity index (χ1n) is 7.77. The second-order valence-corrected chi connectivity index (χ2v) is 5.89. The SMILES string of the molecule is COCC1CCCN(C(=O)c2cc(-c3ccc(F)cc3)n[nH]2)C1. The van der Waals surface area contributed by atoms with Crippen LogP contribution in [0.3, 0.4) is 0 Å². The number of carbonyl (C=O) groups is 1. The number of hydrogen-bond donors (Lipinski definition) is 1. The summed E-state index contributed by atoms with van der Waals surface area (Å²) in [6.07, 6.45) is 2.07. The van der Waals surface area contributed by atoms with Gasteiger partial charge in [0.2, 0.25) is 0 Å². The molecule has 23 heavy (non-hydrogen) atoms. The summed E-state index contributed by atoms with van der Waals surface area (Å²) < 4.78 is 18.2. The Morgan fingerprint density at radius 1 is 1.43 bits per heavy atom. The Kier molecular flexibility index (Phi) is 4.71. The first-order chi connectivity index (χ1) is 11.2. The Morgan fingerprint density at radius 2 is 2.22 bits per heavy atom. The molecular weight excluding hydrogens is 297 g/mol. The van der Waals surface area contributed by atoms with Crippen molar-refractivity contribution in [3.8, 4) is 11.3 Å². The zero-order chi connectivity index (χ0) is 16.2. The van der Waals surface area contributed by atoms with Crippen LogP contribution in [0.15, 0.2) is 30.3 Å². The third-order valence-corrected chi connectivity index (χ3v) is 4.16. The van der Waals surface area contributed by atoms with Gasteiger partial charge in [-0.25, -0.2) is 4.39 Å². The molecule has 1 aromatic heterocycles. The van der Waals surface area contributed by atoms with E-state index in [1.165, 1.54) is 12.1 Å². The molecule has 0 saturated carbocycles. The van der Waals surface area contributed by atoms with Crippen molar-refractivity contribution in [2.75, 3.05) is 26.8 Å². The number of piperidine rings is 1. The highest BCUT2D eigenvalue weighted by Crippen LogP contribution is 2.21. The lowest BCUT2D eigenvalue weighted by atomic mass is 9.98. The van der Waals surface area contributed by atoms with Crippen LogP contribution in [0.25, 0.3) is 11.3 Å². The van der Waals surface area contributed by atoms with Crippen molar-refractivity contribution in [2.45, 2.75) is 12.8 Å². The average molecular weight is 317 g/mol. The molecule has 1 fully saturated rings. The van der Waals surface area contributed by atoms with E-state index in [1.54, 1.807) is 25.3 Å². The molecule has 5 nitrogen and oxygen atoms in total. The molecule has 6 heteroatoms. The van der Waals surface area contributed by atoms with E-state index in [1.807, 2.05) is 4.90 Å². The monoisotopic (exact) mass is 317 g/mol. The molecule has 0 bridgehead atoms. The van der Waals surface area contributed by atoms with Crippen LogP contribution in [0, 0.1) is 11.7 Å². The van der Waals surface area contributed by atoms with E-state index in [2.05, 4.69) is 10.2 Å². The van der Waals surface area contributed by atoms with Crippen molar-refractivity contribution in [2.24, 2.45) is 5.92 Å². The van der Waals surface area contributed by atoms with Gasteiger partial charge in [0.15, 0.2) is 0 Å². The largest absolute Gasteiger partial charge is 0.384 e. The maximum absolute atomic E-state index is 13.0. The molecule has 122 valence electrons. The number of aromatic nitrogens is 2. The van der Waals surface area contributed by atoms with Gasteiger partial charge < -0.3 is 9.64 Å². The molecular formula is C17H20FN3O2. The summed E-state index contributed by atoms with van der Waals surface area (Å²) in [6.45, 7) is 2.13. The number of amides is 1. The molecule has 1 atom stereocenters. The number of nitrogens with zero attached hydrogens (tertiary/aromatic N) is 2. The van der Waals surface area contributed by atoms with E-state index >= 15 is 0 Å². The number of aromatic amines is 1. The molecule has 1 unspecified atom stereocenters. The Hall–Kier alpha value is -2.21. The fourth-order valence-electron chi connectivity index (χ4n) is 2.99. The minimum Gasteiger partial charge on any atom is -0.384 e. The Bertz CT molecular complexity index is 667. The summed E-state index contributed by atoms with van der Waals surface area (Å²) in [7, 11) is 1.69. The van der Waals surface area contributed by atoms with Crippen molar-refractivity contribution in [1.29, 1.82) is 0 Å². The van der Waals surface area contributed by atoms with Gasteiger partial charge in [0, 0.05) is 25.8 Å². The van der Waals surface area contributed by atoms with Gasteiger partial charge in [-0.1, -0.05) is 0 Å². The Labute approximate surface area is 134 Å². The fraction of sp³-hybridized carbons (Fsp3) is 0.412. The molecule has 1 N–H and O–H groups in total. The lowest BCUT2D eigenvalue weighted by molar-refractivity contribution is 0.0565. The standard InChI is InChI=1S/C17H20FN3O2/c1-23-11-12-3-2-8-21(10-12)17(22)16-9-15(19-20-16)13-4-6-14(18)7-5-13/h4-7,9,12H,2-3,8,10-11H2,1H3,(H,19,20). The predicted octanol–water partition coefficient (Wildman–Crippen LogP) is 2.71. The van der Waals surface area contributed by atoms with Crippen LogP contribution in [0.5, 0.6) is 0 Å². The van der Waals surface area contributed by atoms with Crippen molar-refractivity contribution in [3.05, 3.63) is 41.8 Å². The van der Waals surface area contributed by atoms with E-state index in [9.17, 15) is 9.18 Å². The first-order valence-corrected chi connectivity index (χ1v) is 7.77. The van der Waals surface area contributed by atoms with Gasteiger partial charge in [0.1, 0.15) is 11.5 Å². The van der Waals surface area contributed by atoms with E-state index < -0.39 is 0 Å². The number of carbonyl (C=O) groups excluding carboxylic acids is 1. The smallest absolute Gasteiger partial charge is 0.271 e. The lowest BCUT2D eigenvalue weighted by Gasteiger charge is -2.32. The van der Waals surface area contributed by atoms with Crippen LogP contribution in [-0.2, 0) is 4.74 Å². The van der Waals surface area contributed by atoms with Gasteiger partial charge in [-0.2, -0.15) is 5.10 Å². The van der Waals surface area contributed by atoms with Gasteiger partial charge in [0.05, 0.1) is 12.3 Å². The zero-order valence-electron chi connectivity index (χ0n) is 13.1. The summed E-state index contributed by atoms with van der Waals surface area (Å²) in [5.74, 6) is 0.0435. The number of likely N-dealkylation sites (tertiary alicyclic amines) is 1. The topological polar surface area (TPSA) is 58.2 Å². The number of ether oxygens (including phenoxy) is 1. The Balaban J connectivity index is 1.72. The highest BCUT2D eigenvalue weighted by Gasteiger charge is 2.25.